The Kier molecular flexibility index (Phi) is 11.4. The third kappa shape index (κ3) is 7.39. The molecule has 0 saturated carbocycles. The molecule has 0 aliphatic heterocycles. The normalized spacial score (nSPS) is 13.7. The lowest BCUT2D eigenvalue weighted by Crippen LogP contribution is -2.16. The van der Waals surface area contributed by atoms with E-state index in [4.69, 9.17) is 0 Å². The molecular formula is C93H60N4O3. The SMILES string of the molecule is CC1(C)c2ccccc2-c2cc3c4cccc5c6ccccc6c(=O)n(c3cc21)c54.CC1(C)c2ccccc2-c2ccc3c(c21)c1cccc2c4ccccc4c(=O)n3c21.O=c1c2ccccc2c2cc(-c3ccccc3)cc3c4cc5c6ccccc6n(-c6ccccc6)c5cc4n1c23. The predicted molar refractivity (Wildman–Crippen MR) is 417 cm³/mol. The Labute approximate surface area is 572 Å². The second-order valence-electron chi connectivity index (χ2n) is 28.5. The maximum atomic E-state index is 14.1. The van der Waals surface area contributed by atoms with Crippen molar-refractivity contribution in [1.29, 1.82) is 0 Å². The molecule has 7 nitrogen and oxygen atoms in total. The van der Waals surface area contributed by atoms with Crippen LogP contribution in [0, 0.1) is 0 Å². The summed E-state index contributed by atoms with van der Waals surface area (Å²) in [7, 11) is 0. The number of para-hydroxylation sites is 4. The molecule has 21 aromatic rings. The monoisotopic (exact) mass is 1280 g/mol. The van der Waals surface area contributed by atoms with Gasteiger partial charge in [-0.2, -0.15) is 0 Å². The van der Waals surface area contributed by atoms with Crippen LogP contribution in [0.25, 0.3) is 175 Å². The quantitative estimate of drug-likeness (QED) is 0.162. The Morgan fingerprint density at radius 2 is 0.670 bits per heavy atom. The maximum Gasteiger partial charge on any atom is 0.263 e. The molecule has 0 spiro atoms. The second-order valence-corrected chi connectivity index (χ2v) is 28.5. The van der Waals surface area contributed by atoms with E-state index in [1.165, 1.54) is 66.1 Å². The second kappa shape index (κ2) is 20.2. The third-order valence-corrected chi connectivity index (χ3v) is 22.7. The number of aromatic nitrogens is 4. The summed E-state index contributed by atoms with van der Waals surface area (Å²) >= 11 is 0. The van der Waals surface area contributed by atoms with E-state index in [1.807, 2.05) is 79.9 Å². The van der Waals surface area contributed by atoms with E-state index in [-0.39, 0.29) is 27.5 Å². The van der Waals surface area contributed by atoms with Gasteiger partial charge in [0.25, 0.3) is 16.7 Å². The number of hydrogen-bond acceptors (Lipinski definition) is 3. The van der Waals surface area contributed by atoms with Gasteiger partial charge >= 0.3 is 0 Å². The molecule has 0 radical (unpaired) electrons. The molecule has 0 atom stereocenters. The van der Waals surface area contributed by atoms with Crippen LogP contribution in [0.2, 0.25) is 0 Å². The fraction of sp³-hybridized carbons (Fsp3) is 0.0645. The lowest BCUT2D eigenvalue weighted by Gasteiger charge is -2.22. The van der Waals surface area contributed by atoms with Crippen LogP contribution in [-0.4, -0.2) is 17.8 Å². The number of benzene rings is 14. The number of nitrogens with zero attached hydrogens (tertiary/aromatic N) is 4. The predicted octanol–water partition coefficient (Wildman–Crippen LogP) is 22.0. The summed E-state index contributed by atoms with van der Waals surface area (Å²) in [5.41, 5.74) is 22.2. The van der Waals surface area contributed by atoms with Crippen LogP contribution in [0.1, 0.15) is 49.9 Å². The first-order valence-corrected chi connectivity index (χ1v) is 34.4. The van der Waals surface area contributed by atoms with Gasteiger partial charge in [0.05, 0.1) is 44.1 Å². The average molecular weight is 1280 g/mol. The van der Waals surface area contributed by atoms with Crippen LogP contribution < -0.4 is 16.7 Å². The molecule has 470 valence electrons. The highest BCUT2D eigenvalue weighted by molar-refractivity contribution is 6.26. The largest absolute Gasteiger partial charge is 0.309 e. The molecule has 100 heavy (non-hydrogen) atoms. The molecule has 0 fully saturated rings. The molecule has 0 bridgehead atoms. The van der Waals surface area contributed by atoms with Crippen molar-refractivity contribution in [2.24, 2.45) is 0 Å². The zero-order valence-corrected chi connectivity index (χ0v) is 55.2. The molecule has 2 aliphatic carbocycles. The first-order chi connectivity index (χ1) is 48.9. The number of fused-ring (bicyclic) bond motifs is 25. The smallest absolute Gasteiger partial charge is 0.263 e. The zero-order chi connectivity index (χ0) is 66.8. The molecular weight excluding hydrogens is 1220 g/mol. The summed E-state index contributed by atoms with van der Waals surface area (Å²) in [5, 5.41) is 18.0. The highest BCUT2D eigenvalue weighted by Crippen LogP contribution is 2.54. The van der Waals surface area contributed by atoms with Crippen LogP contribution in [-0.2, 0) is 10.8 Å². The lowest BCUT2D eigenvalue weighted by atomic mass is 9.80. The molecule has 2 aliphatic rings. The lowest BCUT2D eigenvalue weighted by molar-refractivity contribution is 0.661. The first kappa shape index (κ1) is 56.5. The summed E-state index contributed by atoms with van der Waals surface area (Å²) in [6.45, 7) is 9.18. The molecule has 0 saturated heterocycles. The summed E-state index contributed by atoms with van der Waals surface area (Å²) in [6, 6.07) is 102. The molecule has 0 unspecified atom stereocenters. The van der Waals surface area contributed by atoms with Gasteiger partial charge in [-0.25, -0.2) is 0 Å². The minimum absolute atomic E-state index is 0.0253. The van der Waals surface area contributed by atoms with Gasteiger partial charge in [-0.3, -0.25) is 27.6 Å². The van der Waals surface area contributed by atoms with Crippen molar-refractivity contribution in [2.75, 3.05) is 0 Å². The number of pyridine rings is 3. The van der Waals surface area contributed by atoms with Crippen molar-refractivity contribution in [3.8, 4) is 39.1 Å². The zero-order valence-electron chi connectivity index (χ0n) is 55.2. The van der Waals surface area contributed by atoms with Gasteiger partial charge < -0.3 is 4.57 Å². The number of hydrogen-bond donors (Lipinski definition) is 0. The van der Waals surface area contributed by atoms with Crippen molar-refractivity contribution in [3.63, 3.8) is 0 Å². The van der Waals surface area contributed by atoms with E-state index < -0.39 is 0 Å². The highest BCUT2D eigenvalue weighted by Gasteiger charge is 2.39. The standard InChI is InChI=1S/C37H22N2O.2C28H19NO/c40-37-28-17-8-7-15-26(28)31-19-24(23-11-3-1-4-12-23)20-32-30-21-29-27-16-9-10-18-33(27)38(25-13-5-2-6-14-25)34(29)22-35(30)39(37)36(31)32;1-28(2)23-13-6-5-9-17(23)21-14-22-19-12-7-11-18-16-8-3-4-10-20(16)27(30)29(26(18)19)25(22)15-24(21)28;1-28(2)22-13-6-5-9-17(22)18-14-15-23-24(25(18)28)21-12-7-11-19-16-8-3-4-10-20(16)27(30)29(23)26(19)21/h1-22H;2*3-15H,1-2H3. The average Bonchev–Trinajstić information content (AvgIpc) is 1.54. The van der Waals surface area contributed by atoms with Crippen molar-refractivity contribution >= 4 is 136 Å². The van der Waals surface area contributed by atoms with Gasteiger partial charge in [-0.05, 0) is 151 Å². The topological polar surface area (TPSA) is 69.4 Å². The van der Waals surface area contributed by atoms with Crippen molar-refractivity contribution in [3.05, 3.63) is 345 Å². The molecule has 23 rings (SSSR count). The van der Waals surface area contributed by atoms with E-state index in [9.17, 15) is 14.4 Å². The Hall–Kier alpha value is -12.7. The molecule has 7 heteroatoms. The van der Waals surface area contributed by atoms with Crippen molar-refractivity contribution < 1.29 is 0 Å². The van der Waals surface area contributed by atoms with E-state index in [0.717, 1.165) is 131 Å². The Bertz CT molecular complexity index is 7290. The first-order valence-electron chi connectivity index (χ1n) is 34.4. The van der Waals surface area contributed by atoms with E-state index in [1.54, 1.807) is 0 Å². The minimum Gasteiger partial charge on any atom is -0.309 e. The highest BCUT2D eigenvalue weighted by atomic mass is 16.1. The van der Waals surface area contributed by atoms with Gasteiger partial charge in [0.2, 0.25) is 0 Å². The molecule has 7 heterocycles. The van der Waals surface area contributed by atoms with Gasteiger partial charge in [0.15, 0.2) is 0 Å². The van der Waals surface area contributed by atoms with Gasteiger partial charge in [0.1, 0.15) is 0 Å². The molecule has 0 N–H and O–H groups in total. The van der Waals surface area contributed by atoms with Crippen molar-refractivity contribution in [1.82, 2.24) is 17.8 Å². The number of rotatable bonds is 2. The van der Waals surface area contributed by atoms with Crippen molar-refractivity contribution in [2.45, 2.75) is 38.5 Å². The van der Waals surface area contributed by atoms with E-state index in [2.05, 4.69) is 257 Å². The fourth-order valence-corrected chi connectivity index (χ4v) is 18.3. The van der Waals surface area contributed by atoms with Gasteiger partial charge in [-0.15, -0.1) is 0 Å². The van der Waals surface area contributed by atoms with Gasteiger partial charge in [-0.1, -0.05) is 240 Å². The third-order valence-electron chi connectivity index (χ3n) is 22.7. The molecule has 14 aromatic carbocycles. The van der Waals surface area contributed by atoms with E-state index in [0.29, 0.717) is 0 Å². The maximum absolute atomic E-state index is 14.1. The summed E-state index contributed by atoms with van der Waals surface area (Å²) in [4.78, 5) is 41.4. The van der Waals surface area contributed by atoms with E-state index >= 15 is 0 Å². The van der Waals surface area contributed by atoms with Crippen LogP contribution in [0.3, 0.4) is 0 Å². The Morgan fingerprint density at radius 3 is 1.30 bits per heavy atom. The molecule has 7 aromatic heterocycles. The Balaban J connectivity index is 0.0000000997. The fourth-order valence-electron chi connectivity index (χ4n) is 18.3. The van der Waals surface area contributed by atoms with Crippen LogP contribution in [0.15, 0.2) is 306 Å². The minimum atomic E-state index is -0.121. The van der Waals surface area contributed by atoms with Gasteiger partial charge in [0, 0.05) is 91.9 Å². The van der Waals surface area contributed by atoms with Crippen LogP contribution >= 0.6 is 0 Å². The Morgan fingerprint density at radius 1 is 0.240 bits per heavy atom. The summed E-state index contributed by atoms with van der Waals surface area (Å²) < 4.78 is 8.15. The summed E-state index contributed by atoms with van der Waals surface area (Å²) in [5.74, 6) is 0. The van der Waals surface area contributed by atoms with Crippen LogP contribution in [0.4, 0.5) is 0 Å². The summed E-state index contributed by atoms with van der Waals surface area (Å²) in [6.07, 6.45) is 0. The molecule has 0 amide bonds. The van der Waals surface area contributed by atoms with Crippen LogP contribution in [0.5, 0.6) is 0 Å².